The van der Waals surface area contributed by atoms with E-state index in [1.54, 1.807) is 0 Å². The van der Waals surface area contributed by atoms with E-state index in [1.807, 2.05) is 0 Å². The Kier molecular flexibility index (Phi) is 3.22. The highest BCUT2D eigenvalue weighted by atomic mass is 19.4. The normalized spacial score (nSPS) is 25.5. The van der Waals surface area contributed by atoms with Crippen molar-refractivity contribution in [2.45, 2.75) is 37.3 Å². The average molecular weight is 321 g/mol. The molecule has 1 saturated carbocycles. The van der Waals surface area contributed by atoms with Crippen molar-refractivity contribution in [2.75, 3.05) is 5.73 Å². The van der Waals surface area contributed by atoms with E-state index < -0.39 is 43.2 Å². The minimum absolute atomic E-state index is 0.0206. The number of halogens is 5. The van der Waals surface area contributed by atoms with Crippen LogP contribution < -0.4 is 5.73 Å². The number of hydrogen-bond donors (Lipinski definition) is 1. The maximum Gasteiger partial charge on any atom is 0.391 e. The maximum absolute atomic E-state index is 14.1. The molecule has 22 heavy (non-hydrogen) atoms. The summed E-state index contributed by atoms with van der Waals surface area (Å²) in [5, 5.41) is 7.29. The van der Waals surface area contributed by atoms with Crippen molar-refractivity contribution < 1.29 is 22.0 Å². The number of nitrogens with zero attached hydrogens (tertiary/aromatic N) is 4. The number of rotatable bonds is 1. The van der Waals surface area contributed by atoms with Crippen molar-refractivity contribution >= 4 is 11.5 Å². The molecule has 3 rings (SSSR count). The number of nitrogens with two attached hydrogens (primary N) is 1. The largest absolute Gasteiger partial charge is 0.391 e. The highest BCUT2D eigenvalue weighted by Gasteiger charge is 2.53. The van der Waals surface area contributed by atoms with Gasteiger partial charge in [0.15, 0.2) is 5.82 Å². The summed E-state index contributed by atoms with van der Waals surface area (Å²) in [4.78, 5) is 3.74. The van der Waals surface area contributed by atoms with Crippen molar-refractivity contribution in [3.63, 3.8) is 0 Å². The average Bonchev–Trinajstić information content (AvgIpc) is 2.82. The third-order valence-electron chi connectivity index (χ3n) is 4.01. The second-order valence-corrected chi connectivity index (χ2v) is 5.39. The second kappa shape index (κ2) is 4.75. The fraction of sp³-hybridized carbons (Fsp3) is 0.583. The molecule has 2 heterocycles. The summed E-state index contributed by atoms with van der Waals surface area (Å²) in [5.41, 5.74) is 5.62. The molecule has 0 saturated heterocycles. The third kappa shape index (κ3) is 2.35. The first-order valence-electron chi connectivity index (χ1n) is 6.60. The van der Waals surface area contributed by atoms with Crippen LogP contribution >= 0.6 is 0 Å². The van der Waals surface area contributed by atoms with Crippen molar-refractivity contribution in [1.29, 1.82) is 0 Å². The number of nitrogen functional groups attached to an aromatic ring is 1. The standard InChI is InChI=1S/C12H12F5N5/c13-11(14)2-1-6(12(15,16)17)5-7(11)9-20-21-10-8(18)19-3-4-22(9)10/h3-4,6-7H,1-2,5H2,(H2,18,19). The molecule has 10 heteroatoms. The molecule has 1 aliphatic rings. The summed E-state index contributed by atoms with van der Waals surface area (Å²) >= 11 is 0. The van der Waals surface area contributed by atoms with Crippen molar-refractivity contribution in [1.82, 2.24) is 19.6 Å². The van der Waals surface area contributed by atoms with Crippen LogP contribution in [0.25, 0.3) is 5.65 Å². The Labute approximate surface area is 121 Å². The molecule has 2 unspecified atom stereocenters. The number of aromatic nitrogens is 4. The molecule has 1 aliphatic carbocycles. The van der Waals surface area contributed by atoms with Crippen LogP contribution in [0.4, 0.5) is 27.8 Å². The summed E-state index contributed by atoms with van der Waals surface area (Å²) < 4.78 is 68.0. The van der Waals surface area contributed by atoms with Gasteiger partial charge in [0.1, 0.15) is 5.82 Å². The minimum atomic E-state index is -4.50. The van der Waals surface area contributed by atoms with E-state index in [-0.39, 0.29) is 17.3 Å². The summed E-state index contributed by atoms with van der Waals surface area (Å²) in [6.07, 6.45) is -4.08. The molecule has 120 valence electrons. The molecule has 0 amide bonds. The van der Waals surface area contributed by atoms with Crippen LogP contribution in [0.15, 0.2) is 12.4 Å². The van der Waals surface area contributed by atoms with Gasteiger partial charge in [0.2, 0.25) is 5.65 Å². The minimum Gasteiger partial charge on any atom is -0.381 e. The van der Waals surface area contributed by atoms with Crippen LogP contribution in [0.2, 0.25) is 0 Å². The van der Waals surface area contributed by atoms with E-state index in [2.05, 4.69) is 15.2 Å². The summed E-state index contributed by atoms with van der Waals surface area (Å²) in [6.45, 7) is 0. The van der Waals surface area contributed by atoms with Crippen LogP contribution in [-0.2, 0) is 0 Å². The molecule has 0 aliphatic heterocycles. The van der Waals surface area contributed by atoms with Crippen LogP contribution in [-0.4, -0.2) is 31.7 Å². The first-order chi connectivity index (χ1) is 10.2. The van der Waals surface area contributed by atoms with Gasteiger partial charge in [-0.3, -0.25) is 4.40 Å². The fourth-order valence-electron chi connectivity index (χ4n) is 2.81. The molecule has 2 aromatic heterocycles. The molecule has 0 bridgehead atoms. The molecule has 2 N–H and O–H groups in total. The third-order valence-corrected chi connectivity index (χ3v) is 4.01. The van der Waals surface area contributed by atoms with Gasteiger partial charge in [0, 0.05) is 18.8 Å². The van der Waals surface area contributed by atoms with Crippen LogP contribution in [0, 0.1) is 5.92 Å². The summed E-state index contributed by atoms with van der Waals surface area (Å²) in [6, 6.07) is 0. The van der Waals surface area contributed by atoms with Gasteiger partial charge < -0.3 is 5.73 Å². The number of fused-ring (bicyclic) bond motifs is 1. The quantitative estimate of drug-likeness (QED) is 0.820. The zero-order valence-electron chi connectivity index (χ0n) is 11.2. The van der Waals surface area contributed by atoms with Crippen molar-refractivity contribution in [3.05, 3.63) is 18.2 Å². The Balaban J connectivity index is 2.04. The summed E-state index contributed by atoms with van der Waals surface area (Å²) in [7, 11) is 0. The molecule has 2 atom stereocenters. The number of anilines is 1. The Morgan fingerprint density at radius 2 is 2.00 bits per heavy atom. The first-order valence-corrected chi connectivity index (χ1v) is 6.60. The monoisotopic (exact) mass is 321 g/mol. The maximum atomic E-state index is 14.1. The van der Waals surface area contributed by atoms with Gasteiger partial charge in [-0.05, 0) is 12.8 Å². The Morgan fingerprint density at radius 3 is 2.68 bits per heavy atom. The fourth-order valence-corrected chi connectivity index (χ4v) is 2.81. The smallest absolute Gasteiger partial charge is 0.381 e. The lowest BCUT2D eigenvalue weighted by molar-refractivity contribution is -0.201. The van der Waals surface area contributed by atoms with Gasteiger partial charge in [0.05, 0.1) is 11.8 Å². The van der Waals surface area contributed by atoms with Gasteiger partial charge in [-0.1, -0.05) is 0 Å². The van der Waals surface area contributed by atoms with Crippen LogP contribution in [0.3, 0.4) is 0 Å². The van der Waals surface area contributed by atoms with Gasteiger partial charge in [-0.15, -0.1) is 10.2 Å². The van der Waals surface area contributed by atoms with Gasteiger partial charge >= 0.3 is 6.18 Å². The summed E-state index contributed by atoms with van der Waals surface area (Å²) in [5.74, 6) is -6.95. The number of alkyl halides is 5. The molecule has 1 fully saturated rings. The molecule has 2 aromatic rings. The molecular weight excluding hydrogens is 309 g/mol. The van der Waals surface area contributed by atoms with E-state index in [0.717, 1.165) is 0 Å². The van der Waals surface area contributed by atoms with Gasteiger partial charge in [-0.25, -0.2) is 13.8 Å². The van der Waals surface area contributed by atoms with E-state index in [0.29, 0.717) is 0 Å². The molecular formula is C12H12F5N5. The van der Waals surface area contributed by atoms with E-state index in [1.165, 1.54) is 16.8 Å². The van der Waals surface area contributed by atoms with Crippen LogP contribution in [0.1, 0.15) is 31.0 Å². The van der Waals surface area contributed by atoms with Gasteiger partial charge in [0.25, 0.3) is 5.92 Å². The second-order valence-electron chi connectivity index (χ2n) is 5.39. The lowest BCUT2D eigenvalue weighted by Crippen LogP contribution is -2.39. The lowest BCUT2D eigenvalue weighted by Gasteiger charge is -2.35. The van der Waals surface area contributed by atoms with Gasteiger partial charge in [-0.2, -0.15) is 13.2 Å². The Morgan fingerprint density at radius 1 is 1.27 bits per heavy atom. The van der Waals surface area contributed by atoms with Crippen LogP contribution in [0.5, 0.6) is 0 Å². The highest BCUT2D eigenvalue weighted by Crippen LogP contribution is 2.50. The van der Waals surface area contributed by atoms with E-state index in [9.17, 15) is 22.0 Å². The highest BCUT2D eigenvalue weighted by molar-refractivity contribution is 5.58. The van der Waals surface area contributed by atoms with Crippen molar-refractivity contribution in [2.24, 2.45) is 5.92 Å². The topological polar surface area (TPSA) is 69.1 Å². The van der Waals surface area contributed by atoms with E-state index >= 15 is 0 Å². The van der Waals surface area contributed by atoms with E-state index in [4.69, 9.17) is 5.73 Å². The zero-order valence-corrected chi connectivity index (χ0v) is 11.2. The SMILES string of the molecule is Nc1nccn2c(C3CC(C(F)(F)F)CCC3(F)F)nnc12. The first kappa shape index (κ1) is 14.9. The Bertz CT molecular complexity index is 695. The molecule has 0 radical (unpaired) electrons. The molecule has 0 spiro atoms. The molecule has 5 nitrogen and oxygen atoms in total. The lowest BCUT2D eigenvalue weighted by atomic mass is 9.78. The van der Waals surface area contributed by atoms with Crippen molar-refractivity contribution in [3.8, 4) is 0 Å². The Hall–Kier alpha value is -2.00. The molecule has 0 aromatic carbocycles. The number of hydrogen-bond acceptors (Lipinski definition) is 4. The predicted molar refractivity (Wildman–Crippen MR) is 66.3 cm³/mol. The predicted octanol–water partition coefficient (Wildman–Crippen LogP) is 2.79. The zero-order chi connectivity index (χ0) is 16.1.